The molecule has 0 aliphatic carbocycles. The number of fused-ring (bicyclic) bond motifs is 2. The predicted molar refractivity (Wildman–Crippen MR) is 129 cm³/mol. The van der Waals surface area contributed by atoms with Crippen LogP contribution < -0.4 is 4.74 Å². The summed E-state index contributed by atoms with van der Waals surface area (Å²) in [5.41, 5.74) is 1.57. The Labute approximate surface area is 202 Å². The van der Waals surface area contributed by atoms with Crippen LogP contribution in [-0.2, 0) is 11.8 Å². The van der Waals surface area contributed by atoms with Crippen LogP contribution in [-0.4, -0.2) is 46.2 Å². The number of benzene rings is 2. The zero-order chi connectivity index (χ0) is 24.7. The van der Waals surface area contributed by atoms with Crippen molar-refractivity contribution in [3.05, 3.63) is 65.3 Å². The summed E-state index contributed by atoms with van der Waals surface area (Å²) in [6.07, 6.45) is 1.72. The molecule has 0 spiro atoms. The zero-order valence-electron chi connectivity index (χ0n) is 18.7. The highest BCUT2D eigenvalue weighted by Gasteiger charge is 2.27. The zero-order valence-corrected chi connectivity index (χ0v) is 19.5. The second kappa shape index (κ2) is 9.05. The topological polar surface area (TPSA) is 86.5 Å². The second-order valence-electron chi connectivity index (χ2n) is 7.80. The van der Waals surface area contributed by atoms with Gasteiger partial charge < -0.3 is 14.6 Å². The van der Waals surface area contributed by atoms with E-state index >= 15 is 4.39 Å². The minimum Gasteiger partial charge on any atom is -0.490 e. The van der Waals surface area contributed by atoms with Gasteiger partial charge in [-0.15, -0.1) is 11.3 Å². The average molecular weight is 496 g/mol. The molecule has 3 aromatic heterocycles. The SMILES string of the molecule is COCCOc1cc(F)cc(F)c1-c1c(C(=O)O)nc(-c2ccc3c(cnn3C)c2)c2ccsc12. The average Bonchev–Trinajstić information content (AvgIpc) is 3.45. The number of aromatic carboxylic acids is 1. The molecule has 0 aliphatic heterocycles. The molecular formula is C25H19F2N3O4S. The fourth-order valence-corrected chi connectivity index (χ4v) is 5.03. The van der Waals surface area contributed by atoms with Crippen LogP contribution in [0.2, 0.25) is 0 Å². The second-order valence-corrected chi connectivity index (χ2v) is 8.71. The van der Waals surface area contributed by atoms with E-state index < -0.39 is 17.6 Å². The van der Waals surface area contributed by atoms with E-state index in [1.165, 1.54) is 18.4 Å². The normalized spacial score (nSPS) is 11.4. The van der Waals surface area contributed by atoms with Gasteiger partial charge in [0.25, 0.3) is 0 Å². The third-order valence-corrected chi connectivity index (χ3v) is 6.58. The molecule has 0 amide bonds. The van der Waals surface area contributed by atoms with Gasteiger partial charge in [-0.1, -0.05) is 6.07 Å². The van der Waals surface area contributed by atoms with Crippen LogP contribution in [0.15, 0.2) is 48.0 Å². The van der Waals surface area contributed by atoms with Crippen LogP contribution in [0.4, 0.5) is 8.78 Å². The van der Waals surface area contributed by atoms with Crippen molar-refractivity contribution in [3.63, 3.8) is 0 Å². The summed E-state index contributed by atoms with van der Waals surface area (Å²) in [6.45, 7) is 0.213. The maximum atomic E-state index is 15.2. The van der Waals surface area contributed by atoms with Crippen LogP contribution in [0.3, 0.4) is 0 Å². The van der Waals surface area contributed by atoms with Crippen LogP contribution in [0.5, 0.6) is 5.75 Å². The van der Waals surface area contributed by atoms with E-state index in [1.54, 1.807) is 22.3 Å². The Hall–Kier alpha value is -3.89. The van der Waals surface area contributed by atoms with Gasteiger partial charge in [0, 0.05) is 52.9 Å². The lowest BCUT2D eigenvalue weighted by molar-refractivity contribution is 0.0691. The number of carboxylic acids is 1. The molecule has 2 aromatic carbocycles. The van der Waals surface area contributed by atoms with Gasteiger partial charge in [0.1, 0.15) is 24.0 Å². The number of aromatic nitrogens is 3. The number of rotatable bonds is 7. The third kappa shape index (κ3) is 4.00. The van der Waals surface area contributed by atoms with Crippen molar-refractivity contribution in [1.29, 1.82) is 0 Å². The minimum atomic E-state index is -1.34. The smallest absolute Gasteiger partial charge is 0.355 e. The quantitative estimate of drug-likeness (QED) is 0.299. The Morgan fingerprint density at radius 2 is 1.97 bits per heavy atom. The number of hydrogen-bond donors (Lipinski definition) is 1. The molecule has 1 N–H and O–H groups in total. The summed E-state index contributed by atoms with van der Waals surface area (Å²) in [5, 5.41) is 17.6. The van der Waals surface area contributed by atoms with Crippen molar-refractivity contribution < 1.29 is 28.2 Å². The molecule has 35 heavy (non-hydrogen) atoms. The maximum absolute atomic E-state index is 15.2. The van der Waals surface area contributed by atoms with Crippen molar-refractivity contribution in [2.24, 2.45) is 7.05 Å². The largest absolute Gasteiger partial charge is 0.490 e. The van der Waals surface area contributed by atoms with Crippen LogP contribution in [0.1, 0.15) is 10.5 Å². The number of thiophene rings is 1. The molecule has 3 heterocycles. The molecule has 0 unspecified atom stereocenters. The highest BCUT2D eigenvalue weighted by atomic mass is 32.1. The van der Waals surface area contributed by atoms with Crippen LogP contribution in [0, 0.1) is 11.6 Å². The molecule has 0 atom stereocenters. The summed E-state index contributed by atoms with van der Waals surface area (Å²) >= 11 is 1.25. The molecule has 0 radical (unpaired) electrons. The van der Waals surface area contributed by atoms with Crippen molar-refractivity contribution in [1.82, 2.24) is 14.8 Å². The van der Waals surface area contributed by atoms with Crippen LogP contribution >= 0.6 is 11.3 Å². The van der Waals surface area contributed by atoms with Gasteiger partial charge in [0.05, 0.1) is 29.6 Å². The highest BCUT2D eigenvalue weighted by molar-refractivity contribution is 7.18. The van der Waals surface area contributed by atoms with E-state index in [2.05, 4.69) is 10.1 Å². The fourth-order valence-electron chi connectivity index (χ4n) is 4.08. The van der Waals surface area contributed by atoms with E-state index in [0.717, 1.165) is 17.0 Å². The minimum absolute atomic E-state index is 0.0268. The number of carboxylic acid groups (broad SMARTS) is 1. The first-order valence-electron chi connectivity index (χ1n) is 10.6. The molecule has 10 heteroatoms. The van der Waals surface area contributed by atoms with Gasteiger partial charge in [-0.05, 0) is 23.6 Å². The molecule has 0 fully saturated rings. The number of methoxy groups -OCH3 is 1. The summed E-state index contributed by atoms with van der Waals surface area (Å²) in [5.74, 6) is -3.25. The van der Waals surface area contributed by atoms with E-state index in [4.69, 9.17) is 9.47 Å². The lowest BCUT2D eigenvalue weighted by atomic mass is 9.97. The van der Waals surface area contributed by atoms with E-state index in [-0.39, 0.29) is 35.8 Å². The van der Waals surface area contributed by atoms with E-state index in [1.807, 2.05) is 25.2 Å². The highest BCUT2D eigenvalue weighted by Crippen LogP contribution is 2.44. The monoisotopic (exact) mass is 495 g/mol. The first kappa shape index (κ1) is 22.9. The van der Waals surface area contributed by atoms with Gasteiger partial charge in [-0.25, -0.2) is 18.6 Å². The number of pyridine rings is 1. The number of aryl methyl sites for hydroxylation is 1. The van der Waals surface area contributed by atoms with Gasteiger partial charge in [0.2, 0.25) is 0 Å². The van der Waals surface area contributed by atoms with E-state index in [9.17, 15) is 14.3 Å². The molecule has 0 bridgehead atoms. The number of hydrogen-bond acceptors (Lipinski definition) is 6. The Morgan fingerprint density at radius 3 is 2.74 bits per heavy atom. The van der Waals surface area contributed by atoms with Crippen molar-refractivity contribution in [2.45, 2.75) is 0 Å². The number of carbonyl (C=O) groups is 1. The summed E-state index contributed by atoms with van der Waals surface area (Å²) in [6, 6.07) is 9.14. The lowest BCUT2D eigenvalue weighted by Crippen LogP contribution is -2.09. The maximum Gasteiger partial charge on any atom is 0.355 e. The molecular weight excluding hydrogens is 476 g/mol. The molecule has 178 valence electrons. The summed E-state index contributed by atoms with van der Waals surface area (Å²) < 4.78 is 42.1. The first-order chi connectivity index (χ1) is 16.9. The van der Waals surface area contributed by atoms with Gasteiger partial charge in [0.15, 0.2) is 5.69 Å². The van der Waals surface area contributed by atoms with Crippen molar-refractivity contribution in [3.8, 4) is 28.1 Å². The molecule has 5 rings (SSSR count). The Balaban J connectivity index is 1.78. The van der Waals surface area contributed by atoms with Gasteiger partial charge in [-0.3, -0.25) is 4.68 Å². The predicted octanol–water partition coefficient (Wildman–Crippen LogP) is 5.52. The van der Waals surface area contributed by atoms with Crippen LogP contribution in [0.25, 0.3) is 43.4 Å². The molecule has 0 saturated carbocycles. The first-order valence-corrected chi connectivity index (χ1v) is 11.4. The number of halogens is 2. The Bertz CT molecular complexity index is 1600. The van der Waals surface area contributed by atoms with Gasteiger partial charge in [-0.2, -0.15) is 5.10 Å². The number of ether oxygens (including phenoxy) is 2. The van der Waals surface area contributed by atoms with Crippen molar-refractivity contribution >= 4 is 38.3 Å². The Kier molecular flexibility index (Phi) is 5.91. The fraction of sp³-hybridized carbons (Fsp3) is 0.160. The van der Waals surface area contributed by atoms with Crippen molar-refractivity contribution in [2.75, 3.05) is 20.3 Å². The summed E-state index contributed by atoms with van der Waals surface area (Å²) in [4.78, 5) is 16.9. The lowest BCUT2D eigenvalue weighted by Gasteiger charge is -2.16. The molecule has 0 saturated heterocycles. The number of nitrogens with zero attached hydrogens (tertiary/aromatic N) is 3. The Morgan fingerprint density at radius 1 is 1.14 bits per heavy atom. The summed E-state index contributed by atoms with van der Waals surface area (Å²) in [7, 11) is 3.30. The molecule has 5 aromatic rings. The molecule has 0 aliphatic rings. The standard InChI is InChI=1S/C25H19F2N3O4S/c1-30-18-4-3-13(9-14(18)12-28-30)22-16-5-8-35-24(16)21(23(29-22)25(31)32)20-17(27)10-15(26)11-19(20)34-7-6-33-2/h3-5,8-12H,6-7H2,1-2H3,(H,31,32). The van der Waals surface area contributed by atoms with E-state index in [0.29, 0.717) is 27.4 Å². The van der Waals surface area contributed by atoms with Gasteiger partial charge >= 0.3 is 5.97 Å². The third-order valence-electron chi connectivity index (χ3n) is 5.64. The molecule has 7 nitrogen and oxygen atoms in total.